The highest BCUT2D eigenvalue weighted by molar-refractivity contribution is 7.84. The molecule has 2 atom stereocenters. The summed E-state index contributed by atoms with van der Waals surface area (Å²) in [7, 11) is -1.20. The molecule has 0 unspecified atom stereocenters. The van der Waals surface area contributed by atoms with E-state index in [2.05, 4.69) is 15.3 Å². The van der Waals surface area contributed by atoms with E-state index in [-0.39, 0.29) is 5.69 Å². The molecular weight excluding hydrogens is 304 g/mol. The second-order valence-corrected chi connectivity index (χ2v) is 6.81. The smallest absolute Gasteiger partial charge is 0.271 e. The quantitative estimate of drug-likeness (QED) is 0.679. The van der Waals surface area contributed by atoms with Crippen LogP contribution >= 0.6 is 0 Å². The van der Waals surface area contributed by atoms with Gasteiger partial charge in [0.25, 0.3) is 5.69 Å². The Hall–Kier alpha value is -1.93. The summed E-state index contributed by atoms with van der Waals surface area (Å²) in [5.74, 6) is 0.962. The van der Waals surface area contributed by atoms with Gasteiger partial charge in [0.1, 0.15) is 5.03 Å². The average Bonchev–Trinajstić information content (AvgIpc) is 2.54. The molecule has 0 saturated carbocycles. The molecule has 2 aromatic rings. The normalized spacial score (nSPS) is 19.9. The van der Waals surface area contributed by atoms with Gasteiger partial charge in [0.2, 0.25) is 0 Å². The first-order valence-electron chi connectivity index (χ1n) is 7.14. The molecule has 2 heterocycles. The van der Waals surface area contributed by atoms with Crippen molar-refractivity contribution in [1.29, 1.82) is 0 Å². The lowest BCUT2D eigenvalue weighted by Gasteiger charge is -2.21. The van der Waals surface area contributed by atoms with E-state index in [1.165, 1.54) is 18.3 Å². The van der Waals surface area contributed by atoms with Gasteiger partial charge in [-0.2, -0.15) is 0 Å². The number of rotatable bonds is 4. The number of nitro benzene ring substituents is 1. The molecule has 1 N–H and O–H groups in total. The van der Waals surface area contributed by atoms with Gasteiger partial charge in [-0.25, -0.2) is 4.98 Å². The third kappa shape index (κ3) is 3.28. The molecule has 7 nitrogen and oxygen atoms in total. The van der Waals surface area contributed by atoms with Gasteiger partial charge in [0.05, 0.1) is 33.0 Å². The molecule has 1 aromatic heterocycles. The van der Waals surface area contributed by atoms with E-state index >= 15 is 0 Å². The molecule has 22 heavy (non-hydrogen) atoms. The Kier molecular flexibility index (Phi) is 4.39. The second kappa shape index (κ2) is 6.45. The molecule has 116 valence electrons. The fourth-order valence-electron chi connectivity index (χ4n) is 2.57. The Morgan fingerprint density at radius 2 is 2.27 bits per heavy atom. The van der Waals surface area contributed by atoms with Crippen molar-refractivity contribution in [1.82, 2.24) is 15.3 Å². The standard InChI is InChI=1S/C14H16N4O3S/c19-18(20)11-3-4-12-13(6-11)16-8-14(17-12)22(21)9-10-2-1-5-15-7-10/h3-4,6,8,10,15H,1-2,5,7,9H2/t10-,22-/m0/s1. The molecule has 3 rings (SSSR count). The van der Waals surface area contributed by atoms with Crippen molar-refractivity contribution in [3.63, 3.8) is 0 Å². The van der Waals surface area contributed by atoms with Crippen LogP contribution < -0.4 is 5.32 Å². The molecule has 0 spiro atoms. The van der Waals surface area contributed by atoms with Crippen molar-refractivity contribution in [3.8, 4) is 0 Å². The fraction of sp³-hybridized carbons (Fsp3) is 0.429. The van der Waals surface area contributed by atoms with E-state index < -0.39 is 15.7 Å². The highest BCUT2D eigenvalue weighted by atomic mass is 32.2. The lowest BCUT2D eigenvalue weighted by Crippen LogP contribution is -2.32. The number of fused-ring (bicyclic) bond motifs is 1. The van der Waals surface area contributed by atoms with E-state index in [9.17, 15) is 14.3 Å². The second-order valence-electron chi connectivity index (χ2n) is 5.36. The van der Waals surface area contributed by atoms with Crippen LogP contribution in [-0.4, -0.2) is 37.9 Å². The van der Waals surface area contributed by atoms with Crippen molar-refractivity contribution in [2.45, 2.75) is 17.9 Å². The van der Waals surface area contributed by atoms with E-state index in [4.69, 9.17) is 0 Å². The highest BCUT2D eigenvalue weighted by Crippen LogP contribution is 2.20. The molecule has 8 heteroatoms. The van der Waals surface area contributed by atoms with Crippen LogP contribution in [0.25, 0.3) is 11.0 Å². The van der Waals surface area contributed by atoms with Crippen molar-refractivity contribution in [3.05, 3.63) is 34.5 Å². The van der Waals surface area contributed by atoms with E-state index in [0.717, 1.165) is 25.9 Å². The van der Waals surface area contributed by atoms with Crippen LogP contribution in [0.3, 0.4) is 0 Å². The van der Waals surface area contributed by atoms with Crippen LogP contribution in [0, 0.1) is 16.0 Å². The van der Waals surface area contributed by atoms with Crippen LogP contribution in [-0.2, 0) is 10.8 Å². The Morgan fingerprint density at radius 1 is 1.41 bits per heavy atom. The van der Waals surface area contributed by atoms with Crippen molar-refractivity contribution in [2.75, 3.05) is 18.8 Å². The topological polar surface area (TPSA) is 98.0 Å². The fourth-order valence-corrected chi connectivity index (χ4v) is 3.82. The minimum Gasteiger partial charge on any atom is -0.316 e. The number of piperidine rings is 1. The molecule has 1 saturated heterocycles. The zero-order valence-electron chi connectivity index (χ0n) is 11.9. The lowest BCUT2D eigenvalue weighted by molar-refractivity contribution is -0.384. The maximum atomic E-state index is 12.4. The number of nitrogens with zero attached hydrogens (tertiary/aromatic N) is 3. The SMILES string of the molecule is O=[N+]([O-])c1ccc2nc([S@@](=O)C[C@H]3CCCNC3)cnc2c1. The third-order valence-corrected chi connectivity index (χ3v) is 5.17. The number of aromatic nitrogens is 2. The molecule has 1 fully saturated rings. The van der Waals surface area contributed by atoms with Gasteiger partial charge in [0, 0.05) is 17.9 Å². The first-order valence-corrected chi connectivity index (χ1v) is 8.45. The van der Waals surface area contributed by atoms with Crippen LogP contribution in [0.1, 0.15) is 12.8 Å². The molecule has 0 amide bonds. The Bertz CT molecular complexity index is 731. The number of nitrogens with one attached hydrogen (secondary N) is 1. The lowest BCUT2D eigenvalue weighted by atomic mass is 10.0. The Morgan fingerprint density at radius 3 is 3.00 bits per heavy atom. The van der Waals surface area contributed by atoms with Gasteiger partial charge in [0.15, 0.2) is 0 Å². The summed E-state index contributed by atoms with van der Waals surface area (Å²) in [6.45, 7) is 1.91. The van der Waals surface area contributed by atoms with Crippen LogP contribution in [0.2, 0.25) is 0 Å². The number of non-ortho nitro benzene ring substituents is 1. The monoisotopic (exact) mass is 320 g/mol. The third-order valence-electron chi connectivity index (χ3n) is 3.73. The van der Waals surface area contributed by atoms with Gasteiger partial charge in [-0.15, -0.1) is 0 Å². The summed E-state index contributed by atoms with van der Waals surface area (Å²) in [6, 6.07) is 4.30. The summed E-state index contributed by atoms with van der Waals surface area (Å²) in [6.07, 6.45) is 3.64. The van der Waals surface area contributed by atoms with Crippen LogP contribution in [0.4, 0.5) is 5.69 Å². The maximum absolute atomic E-state index is 12.4. The maximum Gasteiger partial charge on any atom is 0.271 e. The zero-order chi connectivity index (χ0) is 15.5. The largest absolute Gasteiger partial charge is 0.316 e. The number of hydrogen-bond acceptors (Lipinski definition) is 6. The molecule has 1 aliphatic rings. The van der Waals surface area contributed by atoms with Crippen molar-refractivity contribution in [2.24, 2.45) is 5.92 Å². The first-order chi connectivity index (χ1) is 10.6. The molecular formula is C14H16N4O3S. The van der Waals surface area contributed by atoms with E-state index in [1.54, 1.807) is 6.07 Å². The number of nitro groups is 1. The van der Waals surface area contributed by atoms with Crippen molar-refractivity contribution >= 4 is 27.5 Å². The summed E-state index contributed by atoms with van der Waals surface area (Å²) in [4.78, 5) is 18.8. The van der Waals surface area contributed by atoms with E-state index in [1.807, 2.05) is 0 Å². The predicted octanol–water partition coefficient (Wildman–Crippen LogP) is 1.65. The minimum absolute atomic E-state index is 0.0241. The molecule has 0 radical (unpaired) electrons. The highest BCUT2D eigenvalue weighted by Gasteiger charge is 2.18. The summed E-state index contributed by atoms with van der Waals surface area (Å²) in [5, 5.41) is 14.5. The van der Waals surface area contributed by atoms with Gasteiger partial charge >= 0.3 is 0 Å². The van der Waals surface area contributed by atoms with Gasteiger partial charge < -0.3 is 5.32 Å². The van der Waals surface area contributed by atoms with Crippen LogP contribution in [0.5, 0.6) is 0 Å². The number of hydrogen-bond donors (Lipinski definition) is 1. The molecule has 0 aliphatic carbocycles. The van der Waals surface area contributed by atoms with Gasteiger partial charge in [-0.1, -0.05) is 0 Å². The minimum atomic E-state index is -1.20. The number of benzene rings is 1. The predicted molar refractivity (Wildman–Crippen MR) is 83.1 cm³/mol. The summed E-state index contributed by atoms with van der Waals surface area (Å²) in [5.41, 5.74) is 0.941. The Labute approximate surface area is 129 Å². The summed E-state index contributed by atoms with van der Waals surface area (Å²) >= 11 is 0. The molecule has 1 aliphatic heterocycles. The summed E-state index contributed by atoms with van der Waals surface area (Å²) < 4.78 is 12.4. The van der Waals surface area contributed by atoms with Gasteiger partial charge in [-0.3, -0.25) is 19.3 Å². The first kappa shape index (κ1) is 15.0. The Balaban J connectivity index is 1.80. The van der Waals surface area contributed by atoms with Crippen molar-refractivity contribution < 1.29 is 9.13 Å². The molecule has 1 aromatic carbocycles. The van der Waals surface area contributed by atoms with Crippen LogP contribution in [0.15, 0.2) is 29.4 Å². The van der Waals surface area contributed by atoms with E-state index in [0.29, 0.717) is 27.7 Å². The average molecular weight is 320 g/mol. The molecule has 0 bridgehead atoms. The zero-order valence-corrected chi connectivity index (χ0v) is 12.7. The van der Waals surface area contributed by atoms with Gasteiger partial charge in [-0.05, 0) is 37.9 Å².